The van der Waals surface area contributed by atoms with Crippen molar-refractivity contribution in [3.63, 3.8) is 0 Å². The van der Waals surface area contributed by atoms with E-state index < -0.39 is 20.0 Å². The van der Waals surface area contributed by atoms with Crippen LogP contribution in [0.1, 0.15) is 0 Å². The maximum atomic E-state index is 5.01. The van der Waals surface area contributed by atoms with Crippen molar-refractivity contribution >= 4 is 41.0 Å². The van der Waals surface area contributed by atoms with Crippen LogP contribution in [0.5, 0.6) is 0 Å². The van der Waals surface area contributed by atoms with Crippen LogP contribution < -0.4 is 0 Å². The van der Waals surface area contributed by atoms with E-state index in [2.05, 4.69) is 0 Å². The molecule has 0 N–H and O–H groups in total. The summed E-state index contributed by atoms with van der Waals surface area (Å²) in [7, 11) is 1.10. The van der Waals surface area contributed by atoms with E-state index in [4.69, 9.17) is 12.3 Å². The minimum absolute atomic E-state index is 0.586. The molecule has 0 aliphatic heterocycles. The summed E-state index contributed by atoms with van der Waals surface area (Å²) in [5.41, 5.74) is 0. The molecule has 3 nitrogen and oxygen atoms in total. The fourth-order valence-corrected chi connectivity index (χ4v) is 4.15. The molecule has 7 heteroatoms. The zero-order chi connectivity index (χ0) is 5.54. The summed E-state index contributed by atoms with van der Waals surface area (Å²) in [5.74, 6) is 0. The molecule has 7 heavy (non-hydrogen) atoms. The summed E-state index contributed by atoms with van der Waals surface area (Å²) in [4.78, 5) is 0. The van der Waals surface area contributed by atoms with E-state index in [1.165, 1.54) is 10.5 Å². The molecule has 0 amide bonds. The van der Waals surface area contributed by atoms with Crippen molar-refractivity contribution in [2.75, 3.05) is 0 Å². The predicted octanol–water partition coefficient (Wildman–Crippen LogP) is -4.14. The van der Waals surface area contributed by atoms with Crippen LogP contribution in [0.2, 0.25) is 0 Å². The molecule has 0 aliphatic rings. The van der Waals surface area contributed by atoms with Gasteiger partial charge in [-0.3, -0.25) is 0 Å². The molecule has 0 aliphatic carbocycles. The highest BCUT2D eigenvalue weighted by atomic mass is 28.4. The SMILES string of the molecule is [SiH2]O[SiH2]O[SiH2]O[SiH3]. The largest absolute Gasteiger partial charge is 0.449 e. The molecular weight excluding hydrogens is 160 g/mol. The molecule has 0 spiro atoms. The van der Waals surface area contributed by atoms with Gasteiger partial charge in [-0.1, -0.05) is 0 Å². The average Bonchev–Trinajstić information content (AvgIpc) is 1.69. The van der Waals surface area contributed by atoms with Crippen molar-refractivity contribution in [3.05, 3.63) is 0 Å². The second-order valence-electron chi connectivity index (χ2n) is 0.933. The van der Waals surface area contributed by atoms with Gasteiger partial charge in [0.1, 0.15) is 10.5 Å². The van der Waals surface area contributed by atoms with Crippen molar-refractivity contribution in [2.45, 2.75) is 0 Å². The molecule has 0 unspecified atom stereocenters. The molecule has 0 rings (SSSR count). The van der Waals surface area contributed by atoms with Crippen LogP contribution in [0.15, 0.2) is 0 Å². The van der Waals surface area contributed by atoms with Crippen LogP contribution in [0.25, 0.3) is 0 Å². The molecular formula is H9O3Si4. The first-order chi connectivity index (χ1) is 3.41. The molecule has 0 saturated carbocycles. The maximum absolute atomic E-state index is 5.01. The normalized spacial score (nSPS) is 13.3. The molecule has 0 fully saturated rings. The fourth-order valence-electron chi connectivity index (χ4n) is 0.176. The van der Waals surface area contributed by atoms with Crippen LogP contribution >= 0.6 is 0 Å². The van der Waals surface area contributed by atoms with Gasteiger partial charge in [0.15, 0.2) is 10.5 Å². The first-order valence-corrected chi connectivity index (χ1v) is 5.55. The van der Waals surface area contributed by atoms with Gasteiger partial charge in [0.2, 0.25) is 0 Å². The van der Waals surface area contributed by atoms with Crippen molar-refractivity contribution in [1.82, 2.24) is 0 Å². The molecule has 1 radical (unpaired) electrons. The first-order valence-electron chi connectivity index (χ1n) is 1.85. The van der Waals surface area contributed by atoms with Crippen molar-refractivity contribution < 1.29 is 12.3 Å². The molecule has 0 heterocycles. The molecule has 0 aromatic carbocycles. The summed E-state index contributed by atoms with van der Waals surface area (Å²) in [6.45, 7) is 0. The number of rotatable bonds is 4. The minimum Gasteiger partial charge on any atom is -0.449 e. The molecule has 0 atom stereocenters. The Morgan fingerprint density at radius 1 is 1.43 bits per heavy atom. The Labute approximate surface area is 53.9 Å². The molecule has 0 aromatic rings. The maximum Gasteiger partial charge on any atom is 0.284 e. The lowest BCUT2D eigenvalue weighted by molar-refractivity contribution is 0.443. The van der Waals surface area contributed by atoms with Gasteiger partial charge in [0.25, 0.3) is 20.0 Å². The van der Waals surface area contributed by atoms with Crippen LogP contribution in [-0.4, -0.2) is 41.0 Å². The lowest BCUT2D eigenvalue weighted by atomic mass is 15.7. The van der Waals surface area contributed by atoms with Gasteiger partial charge in [-0.2, -0.15) is 0 Å². The second-order valence-corrected chi connectivity index (χ2v) is 6.98. The Balaban J connectivity index is 2.45. The van der Waals surface area contributed by atoms with E-state index in [9.17, 15) is 0 Å². The van der Waals surface area contributed by atoms with E-state index in [1.54, 1.807) is 0 Å². The summed E-state index contributed by atoms with van der Waals surface area (Å²) < 4.78 is 14.6. The van der Waals surface area contributed by atoms with E-state index >= 15 is 0 Å². The van der Waals surface area contributed by atoms with E-state index in [1.807, 2.05) is 0 Å². The average molecular weight is 169 g/mol. The van der Waals surface area contributed by atoms with Crippen LogP contribution in [-0.2, 0) is 12.3 Å². The molecule has 43 valence electrons. The summed E-state index contributed by atoms with van der Waals surface area (Å²) in [5, 5.41) is 0. The minimum atomic E-state index is -0.618. The van der Waals surface area contributed by atoms with Crippen LogP contribution in [0.4, 0.5) is 0 Å². The van der Waals surface area contributed by atoms with E-state index in [-0.39, 0.29) is 0 Å². The second kappa shape index (κ2) is 6.75. The Kier molecular flexibility index (Phi) is 7.47. The van der Waals surface area contributed by atoms with E-state index in [0.29, 0.717) is 0 Å². The number of hydrogen-bond donors (Lipinski definition) is 0. The number of hydrogen-bond acceptors (Lipinski definition) is 3. The summed E-state index contributed by atoms with van der Waals surface area (Å²) >= 11 is 0. The summed E-state index contributed by atoms with van der Waals surface area (Å²) in [6, 6.07) is 0. The predicted molar refractivity (Wildman–Crippen MR) is 38.8 cm³/mol. The highest BCUT2D eigenvalue weighted by Gasteiger charge is 1.80. The Hall–Kier alpha value is 0.748. The lowest BCUT2D eigenvalue weighted by Gasteiger charge is -1.97. The first kappa shape index (κ1) is 7.75. The molecule has 0 aromatic heterocycles. The highest BCUT2D eigenvalue weighted by molar-refractivity contribution is 6.40. The Morgan fingerprint density at radius 2 is 2.14 bits per heavy atom. The third kappa shape index (κ3) is 6.75. The van der Waals surface area contributed by atoms with E-state index in [0.717, 1.165) is 10.5 Å². The van der Waals surface area contributed by atoms with Crippen LogP contribution in [0.3, 0.4) is 0 Å². The zero-order valence-electron chi connectivity index (χ0n) is 4.35. The molecule has 0 saturated heterocycles. The highest BCUT2D eigenvalue weighted by Crippen LogP contribution is 1.63. The quantitative estimate of drug-likeness (QED) is 0.316. The van der Waals surface area contributed by atoms with Crippen LogP contribution in [0, 0.1) is 0 Å². The monoisotopic (exact) mass is 169 g/mol. The summed E-state index contributed by atoms with van der Waals surface area (Å²) in [6.07, 6.45) is 0. The van der Waals surface area contributed by atoms with Gasteiger partial charge in [-0.25, -0.2) is 0 Å². The van der Waals surface area contributed by atoms with Crippen molar-refractivity contribution in [3.8, 4) is 0 Å². The van der Waals surface area contributed by atoms with Gasteiger partial charge in [-0.15, -0.1) is 0 Å². The standard InChI is InChI=1S/H9O3Si4/c4-1-6-3-7-2-5/h4,6-7H2,5H3. The Morgan fingerprint density at radius 3 is 2.57 bits per heavy atom. The zero-order valence-corrected chi connectivity index (χ0v) is 10.6. The Bertz CT molecular complexity index is 26.1. The topological polar surface area (TPSA) is 27.7 Å². The van der Waals surface area contributed by atoms with Gasteiger partial charge in [0, 0.05) is 0 Å². The third-order valence-corrected chi connectivity index (χ3v) is 3.31. The smallest absolute Gasteiger partial charge is 0.284 e. The van der Waals surface area contributed by atoms with Gasteiger partial charge in [0.05, 0.1) is 0 Å². The van der Waals surface area contributed by atoms with Gasteiger partial charge < -0.3 is 12.3 Å². The lowest BCUT2D eigenvalue weighted by Crippen LogP contribution is -2.08. The van der Waals surface area contributed by atoms with Crippen molar-refractivity contribution in [2.24, 2.45) is 0 Å². The van der Waals surface area contributed by atoms with Crippen molar-refractivity contribution in [1.29, 1.82) is 0 Å². The third-order valence-electron chi connectivity index (χ3n) is 0.368. The fraction of sp³-hybridized carbons (Fsp3) is 0. The van der Waals surface area contributed by atoms with Gasteiger partial charge in [-0.05, 0) is 0 Å². The van der Waals surface area contributed by atoms with Gasteiger partial charge >= 0.3 is 0 Å². The molecule has 0 bridgehead atoms.